The van der Waals surface area contributed by atoms with Crippen LogP contribution < -0.4 is 6.15 Å². The zero-order chi connectivity index (χ0) is 0. The van der Waals surface area contributed by atoms with Crippen molar-refractivity contribution in [2.24, 2.45) is 0 Å². The molecular formula is H9Cl6NPd. The van der Waals surface area contributed by atoms with Gasteiger partial charge in [-0.3, -0.25) is 0 Å². The van der Waals surface area contributed by atoms with Crippen LogP contribution in [0.4, 0.5) is 0 Å². The summed E-state index contributed by atoms with van der Waals surface area (Å²) in [4.78, 5) is 0. The second-order valence-electron chi connectivity index (χ2n) is 0. The molecule has 8 heteroatoms. The molecular weight excluding hydrogens is 333 g/mol. The first-order valence-electron chi connectivity index (χ1n) is 0. The molecule has 0 aliphatic carbocycles. The maximum atomic E-state index is 0. The zero-order valence-electron chi connectivity index (χ0n) is 3.47. The van der Waals surface area contributed by atoms with E-state index >= 15 is 0 Å². The molecule has 0 atom stereocenters. The molecule has 0 aromatic carbocycles. The third-order valence-corrected chi connectivity index (χ3v) is 0. The average molecular weight is 342 g/mol. The zero-order valence-corrected chi connectivity index (χ0v) is 9.93. The summed E-state index contributed by atoms with van der Waals surface area (Å²) in [6.45, 7) is 0. The Morgan fingerprint density at radius 1 is 0.375 bits per heavy atom. The molecule has 0 spiro atoms. The van der Waals surface area contributed by atoms with Crippen LogP contribution in [0.2, 0.25) is 0 Å². The minimum atomic E-state index is 0. The molecule has 0 amide bonds. The van der Waals surface area contributed by atoms with Crippen LogP contribution >= 0.6 is 74.4 Å². The Kier molecular flexibility index (Phi) is 2390. The summed E-state index contributed by atoms with van der Waals surface area (Å²) in [7, 11) is 0. The summed E-state index contributed by atoms with van der Waals surface area (Å²) in [6, 6.07) is 0. The Morgan fingerprint density at radius 2 is 0.375 bits per heavy atom. The first-order chi connectivity index (χ1) is 0. The summed E-state index contributed by atoms with van der Waals surface area (Å²) >= 11 is 0. The van der Waals surface area contributed by atoms with E-state index in [-0.39, 0.29) is 101 Å². The van der Waals surface area contributed by atoms with Crippen LogP contribution in [0.15, 0.2) is 0 Å². The van der Waals surface area contributed by atoms with Gasteiger partial charge in [0, 0.05) is 20.4 Å². The van der Waals surface area contributed by atoms with Gasteiger partial charge in [-0.2, -0.15) is 0 Å². The van der Waals surface area contributed by atoms with E-state index in [1.54, 1.807) is 0 Å². The summed E-state index contributed by atoms with van der Waals surface area (Å²) in [5, 5.41) is 0. The van der Waals surface area contributed by atoms with Crippen molar-refractivity contribution < 1.29 is 20.4 Å². The minimum absolute atomic E-state index is 0. The van der Waals surface area contributed by atoms with Crippen LogP contribution in [0.3, 0.4) is 0 Å². The first kappa shape index (κ1) is 163. The van der Waals surface area contributed by atoms with E-state index in [4.69, 9.17) is 0 Å². The molecule has 1 nitrogen and oxygen atoms in total. The molecule has 0 unspecified atom stereocenters. The van der Waals surface area contributed by atoms with Gasteiger partial charge < -0.3 is 6.15 Å². The average Bonchev–Trinajstić information content (AvgIpc) is 0. The Morgan fingerprint density at radius 3 is 0.375 bits per heavy atom. The molecule has 0 saturated heterocycles. The van der Waals surface area contributed by atoms with Gasteiger partial charge in [-0.1, -0.05) is 0 Å². The predicted molar refractivity (Wildman–Crippen MR) is 48.5 cm³/mol. The van der Waals surface area contributed by atoms with E-state index < -0.39 is 0 Å². The summed E-state index contributed by atoms with van der Waals surface area (Å²) in [5.41, 5.74) is 0. The predicted octanol–water partition coefficient (Wildman–Crippen LogP) is 2.69. The smallest absolute Gasteiger partial charge is 0 e. The second kappa shape index (κ2) is 117. The van der Waals surface area contributed by atoms with Crippen LogP contribution in [-0.2, 0) is 20.4 Å². The van der Waals surface area contributed by atoms with Crippen molar-refractivity contribution in [3.05, 3.63) is 0 Å². The van der Waals surface area contributed by atoms with Gasteiger partial charge in [-0.05, 0) is 0 Å². The van der Waals surface area contributed by atoms with Crippen LogP contribution in [0.1, 0.15) is 0 Å². The molecule has 0 aromatic heterocycles. The normalized spacial score (nSPS) is 0. The molecule has 66 valence electrons. The van der Waals surface area contributed by atoms with Crippen molar-refractivity contribution in [2.75, 3.05) is 0 Å². The molecule has 0 aliphatic heterocycles. The fourth-order valence-corrected chi connectivity index (χ4v) is 0. The fraction of sp³-hybridized carbons (Fsp3) is 0. The molecule has 0 aliphatic rings. The number of hydrogen-bond acceptors (Lipinski definition) is 1. The summed E-state index contributed by atoms with van der Waals surface area (Å²) in [6.07, 6.45) is 0. The summed E-state index contributed by atoms with van der Waals surface area (Å²) in [5.74, 6) is 0. The maximum Gasteiger partial charge on any atom is 0 e. The molecule has 0 bridgehead atoms. The van der Waals surface area contributed by atoms with Crippen LogP contribution in [0, 0.1) is 0 Å². The van der Waals surface area contributed by atoms with E-state index in [1.807, 2.05) is 0 Å². The molecule has 3 N–H and O–H groups in total. The topological polar surface area (TPSA) is 35.0 Å². The van der Waals surface area contributed by atoms with Crippen molar-refractivity contribution in [1.29, 1.82) is 0 Å². The number of hydrogen-bond donors (Lipinski definition) is 1. The Labute approximate surface area is 100 Å². The van der Waals surface area contributed by atoms with Crippen molar-refractivity contribution in [1.82, 2.24) is 6.15 Å². The molecule has 0 radical (unpaired) electrons. The number of halogens is 6. The van der Waals surface area contributed by atoms with E-state index in [9.17, 15) is 0 Å². The van der Waals surface area contributed by atoms with E-state index in [2.05, 4.69) is 0 Å². The van der Waals surface area contributed by atoms with E-state index in [1.165, 1.54) is 0 Å². The van der Waals surface area contributed by atoms with Crippen molar-refractivity contribution in [2.45, 2.75) is 0 Å². The first-order valence-corrected chi connectivity index (χ1v) is 0. The van der Waals surface area contributed by atoms with Gasteiger partial charge in [0.1, 0.15) is 0 Å². The Hall–Kier alpha value is 2.36. The van der Waals surface area contributed by atoms with Crippen molar-refractivity contribution in [3.8, 4) is 0 Å². The maximum absolute atomic E-state index is 0. The second-order valence-corrected chi connectivity index (χ2v) is 0. The molecule has 0 rings (SSSR count). The van der Waals surface area contributed by atoms with Crippen LogP contribution in [-0.4, -0.2) is 0 Å². The van der Waals surface area contributed by atoms with Crippen molar-refractivity contribution >= 4 is 74.4 Å². The van der Waals surface area contributed by atoms with Crippen LogP contribution in [0.25, 0.3) is 0 Å². The van der Waals surface area contributed by atoms with Gasteiger partial charge >= 0.3 is 0 Å². The van der Waals surface area contributed by atoms with E-state index in [0.29, 0.717) is 0 Å². The SMILES string of the molecule is Cl.Cl.Cl.Cl.Cl.Cl.N.[Pd]. The van der Waals surface area contributed by atoms with Crippen molar-refractivity contribution in [3.63, 3.8) is 0 Å². The van der Waals surface area contributed by atoms with Crippen LogP contribution in [0.5, 0.6) is 0 Å². The fourth-order valence-electron chi connectivity index (χ4n) is 0. The van der Waals surface area contributed by atoms with Gasteiger partial charge in [0.15, 0.2) is 0 Å². The molecule has 8 heavy (non-hydrogen) atoms. The molecule has 0 aromatic rings. The Bertz CT molecular complexity index is 8.49. The van der Waals surface area contributed by atoms with Gasteiger partial charge in [-0.25, -0.2) is 0 Å². The number of rotatable bonds is 0. The third kappa shape index (κ3) is 81.2. The van der Waals surface area contributed by atoms with Gasteiger partial charge in [0.05, 0.1) is 0 Å². The van der Waals surface area contributed by atoms with E-state index in [0.717, 1.165) is 0 Å². The van der Waals surface area contributed by atoms with Gasteiger partial charge in [-0.15, -0.1) is 74.4 Å². The standard InChI is InChI=1S/6ClH.H3N.Pd/h6*1H;1H3;. The quantitative estimate of drug-likeness (QED) is 0.675. The molecule has 0 fully saturated rings. The summed E-state index contributed by atoms with van der Waals surface area (Å²) < 4.78 is 0. The third-order valence-electron chi connectivity index (χ3n) is 0. The van der Waals surface area contributed by atoms with Gasteiger partial charge in [0.2, 0.25) is 0 Å². The minimum Gasteiger partial charge on any atom is -0.344 e. The van der Waals surface area contributed by atoms with Gasteiger partial charge in [0.25, 0.3) is 0 Å². The molecule has 0 saturated carbocycles. The monoisotopic (exact) mass is 339 g/mol. The Balaban J connectivity index is 0. The molecule has 0 heterocycles. The largest absolute Gasteiger partial charge is 0.344 e.